The predicted octanol–water partition coefficient (Wildman–Crippen LogP) is 9.21. The maximum absolute atomic E-state index is 14.0. The van der Waals surface area contributed by atoms with Gasteiger partial charge in [0.1, 0.15) is 23.7 Å². The highest BCUT2D eigenvalue weighted by atomic mass is 16.5. The molecule has 4 N–H and O–H groups in total. The van der Waals surface area contributed by atoms with Crippen LogP contribution in [0, 0.1) is 17.3 Å². The Labute approximate surface area is 392 Å². The summed E-state index contributed by atoms with van der Waals surface area (Å²) in [5.74, 6) is 1.02. The van der Waals surface area contributed by atoms with Gasteiger partial charge in [0.05, 0.1) is 54.9 Å². The van der Waals surface area contributed by atoms with Crippen LogP contribution in [-0.2, 0) is 31.9 Å². The largest absolute Gasteiger partial charge is 0.453 e. The first kappa shape index (κ1) is 45.9. The van der Waals surface area contributed by atoms with Crippen molar-refractivity contribution in [3.63, 3.8) is 0 Å². The molecule has 4 atom stereocenters. The van der Waals surface area contributed by atoms with E-state index in [2.05, 4.69) is 69.3 Å². The SMILES string of the molecule is COC(=O)N[C@H](C(=O)N1CCCCC1c1ncc(-c2ccc(-c3ncc(-c4ccc5nc([C@@H]6CCCCN6C(=O)[C@@H](NC(=O)OC)C(C)C)[nH]c5c4)c4c3CC3(CCCC3)C4)cc2)[nH]1)C(C)C. The number of amides is 4. The van der Waals surface area contributed by atoms with Crippen LogP contribution in [0.3, 0.4) is 0 Å². The second kappa shape index (κ2) is 19.2. The van der Waals surface area contributed by atoms with Crippen molar-refractivity contribution in [2.24, 2.45) is 17.3 Å². The second-order valence-electron chi connectivity index (χ2n) is 20.0. The molecule has 2 aliphatic heterocycles. The van der Waals surface area contributed by atoms with Crippen LogP contribution in [0.25, 0.3) is 44.7 Å². The number of imidazole rings is 2. The summed E-state index contributed by atoms with van der Waals surface area (Å²) in [7, 11) is 2.61. The maximum atomic E-state index is 14.0. The van der Waals surface area contributed by atoms with Gasteiger partial charge in [-0.05, 0) is 116 Å². The molecule has 3 aromatic heterocycles. The zero-order valence-electron chi connectivity index (χ0n) is 39.7. The molecule has 0 radical (unpaired) electrons. The Morgan fingerprint density at radius 1 is 0.672 bits per heavy atom. The normalized spacial score (nSPS) is 20.0. The maximum Gasteiger partial charge on any atom is 0.407 e. The number of alkyl carbamates (subject to hydrolysis) is 2. The van der Waals surface area contributed by atoms with Gasteiger partial charge in [0.25, 0.3) is 0 Å². The number of benzene rings is 2. The van der Waals surface area contributed by atoms with E-state index < -0.39 is 24.3 Å². The van der Waals surface area contributed by atoms with Crippen LogP contribution in [0.15, 0.2) is 54.9 Å². The van der Waals surface area contributed by atoms with Crippen molar-refractivity contribution in [1.29, 1.82) is 0 Å². The number of H-pyrrole nitrogens is 2. The number of aromatic amines is 2. The number of likely N-dealkylation sites (tertiary alicyclic amines) is 2. The molecule has 67 heavy (non-hydrogen) atoms. The summed E-state index contributed by atoms with van der Waals surface area (Å²) in [6.45, 7) is 8.89. The smallest absolute Gasteiger partial charge is 0.407 e. The minimum Gasteiger partial charge on any atom is -0.453 e. The molecule has 2 aliphatic carbocycles. The molecule has 4 amide bonds. The Kier molecular flexibility index (Phi) is 13.1. The molecule has 1 saturated carbocycles. The van der Waals surface area contributed by atoms with Gasteiger partial charge in [-0.3, -0.25) is 14.6 Å². The molecule has 15 heteroatoms. The molecule has 1 unspecified atom stereocenters. The lowest BCUT2D eigenvalue weighted by Gasteiger charge is -2.37. The van der Waals surface area contributed by atoms with E-state index in [-0.39, 0.29) is 41.1 Å². The molecule has 2 saturated heterocycles. The topological polar surface area (TPSA) is 188 Å². The Hall–Kier alpha value is -6.25. The third kappa shape index (κ3) is 9.13. The number of nitrogens with one attached hydrogen (secondary N) is 4. The lowest BCUT2D eigenvalue weighted by Crippen LogP contribution is -2.53. The summed E-state index contributed by atoms with van der Waals surface area (Å²) in [5.41, 5.74) is 10.9. The number of hydrogen-bond donors (Lipinski definition) is 4. The van der Waals surface area contributed by atoms with Gasteiger partial charge in [-0.15, -0.1) is 0 Å². The van der Waals surface area contributed by atoms with Gasteiger partial charge in [-0.1, -0.05) is 70.9 Å². The highest BCUT2D eigenvalue weighted by molar-refractivity contribution is 5.88. The third-order valence-electron chi connectivity index (χ3n) is 14.9. The number of nitrogens with zero attached hydrogens (tertiary/aromatic N) is 5. The summed E-state index contributed by atoms with van der Waals surface area (Å²) in [4.78, 5) is 78.2. The van der Waals surface area contributed by atoms with Crippen molar-refractivity contribution in [2.75, 3.05) is 27.3 Å². The van der Waals surface area contributed by atoms with E-state index in [1.807, 2.05) is 43.7 Å². The first-order valence-electron chi connectivity index (χ1n) is 24.3. The van der Waals surface area contributed by atoms with Crippen LogP contribution >= 0.6 is 0 Å². The Morgan fingerprint density at radius 2 is 1.24 bits per heavy atom. The number of carbonyl (C=O) groups is 4. The predicted molar refractivity (Wildman–Crippen MR) is 256 cm³/mol. The number of fused-ring (bicyclic) bond motifs is 2. The standard InChI is InChI=1S/C52H65N9O6/c1-30(2)43(58-50(64)66-5)48(62)60-23-11-7-13-41(60)46-54-29-40(57-46)32-15-17-33(18-16-32)45-36-27-52(21-9-10-22-52)26-35(36)37(28-53-45)34-19-20-38-39(25-34)56-47(55-38)42-14-8-12-24-61(42)49(63)44(31(3)4)59-51(65)67-6/h15-20,25,28-31,41-44H,7-14,21-24,26-27H2,1-6H3,(H,54,57)(H,55,56)(H,58,64)(H,59,65)/t41?,42-,43-,44-/m0/s1. The van der Waals surface area contributed by atoms with E-state index in [9.17, 15) is 19.2 Å². The summed E-state index contributed by atoms with van der Waals surface area (Å²) in [5, 5.41) is 5.51. The zero-order chi connectivity index (χ0) is 47.0. The van der Waals surface area contributed by atoms with Crippen LogP contribution in [0.4, 0.5) is 9.59 Å². The minimum atomic E-state index is -0.700. The van der Waals surface area contributed by atoms with E-state index in [1.165, 1.54) is 51.0 Å². The van der Waals surface area contributed by atoms with Gasteiger partial charge >= 0.3 is 12.2 Å². The monoisotopic (exact) mass is 912 g/mol. The van der Waals surface area contributed by atoms with Crippen molar-refractivity contribution in [2.45, 2.75) is 129 Å². The van der Waals surface area contributed by atoms with Crippen molar-refractivity contribution in [1.82, 2.24) is 45.4 Å². The van der Waals surface area contributed by atoms with Crippen LogP contribution in [0.2, 0.25) is 0 Å². The van der Waals surface area contributed by atoms with Crippen molar-refractivity contribution in [3.05, 3.63) is 77.6 Å². The molecule has 354 valence electrons. The molecule has 3 fully saturated rings. The second-order valence-corrected chi connectivity index (χ2v) is 20.0. The Bertz CT molecular complexity index is 2630. The van der Waals surface area contributed by atoms with Gasteiger partial charge in [0.15, 0.2) is 0 Å². The van der Waals surface area contributed by atoms with Crippen LogP contribution in [-0.4, -0.2) is 98.1 Å². The van der Waals surface area contributed by atoms with Crippen LogP contribution in [0.5, 0.6) is 0 Å². The average molecular weight is 912 g/mol. The van der Waals surface area contributed by atoms with E-state index in [0.29, 0.717) is 13.1 Å². The average Bonchev–Trinajstić information content (AvgIpc) is 4.18. The van der Waals surface area contributed by atoms with Crippen LogP contribution < -0.4 is 10.6 Å². The number of carbonyl (C=O) groups excluding carboxylic acids is 4. The molecular formula is C52H65N9O6. The van der Waals surface area contributed by atoms with Gasteiger partial charge in [-0.25, -0.2) is 19.6 Å². The molecule has 5 aromatic rings. The third-order valence-corrected chi connectivity index (χ3v) is 14.9. The lowest BCUT2D eigenvalue weighted by atomic mass is 9.82. The zero-order valence-corrected chi connectivity index (χ0v) is 39.7. The highest BCUT2D eigenvalue weighted by Gasteiger charge is 2.43. The quantitative estimate of drug-likeness (QED) is 0.100. The van der Waals surface area contributed by atoms with E-state index in [0.717, 1.165) is 108 Å². The highest BCUT2D eigenvalue weighted by Crippen LogP contribution is 2.52. The van der Waals surface area contributed by atoms with Crippen molar-refractivity contribution < 1.29 is 28.7 Å². The van der Waals surface area contributed by atoms with Crippen molar-refractivity contribution >= 4 is 35.0 Å². The molecule has 2 aromatic carbocycles. The van der Waals surface area contributed by atoms with Gasteiger partial charge in [0, 0.05) is 30.4 Å². The molecule has 4 aliphatic rings. The minimum absolute atomic E-state index is 0.112. The molecule has 0 bridgehead atoms. The summed E-state index contributed by atoms with van der Waals surface area (Å²) < 4.78 is 9.68. The fourth-order valence-corrected chi connectivity index (χ4v) is 11.3. The fourth-order valence-electron chi connectivity index (χ4n) is 11.3. The first-order chi connectivity index (χ1) is 32.4. The number of hydrogen-bond acceptors (Lipinski definition) is 9. The molecule has 9 rings (SSSR count). The summed E-state index contributed by atoms with van der Waals surface area (Å²) in [6, 6.07) is 13.1. The number of pyridine rings is 1. The van der Waals surface area contributed by atoms with Crippen LogP contribution in [0.1, 0.15) is 127 Å². The van der Waals surface area contributed by atoms with E-state index in [1.54, 1.807) is 0 Å². The molecule has 5 heterocycles. The Balaban J connectivity index is 0.973. The van der Waals surface area contributed by atoms with Gasteiger partial charge in [-0.2, -0.15) is 0 Å². The summed E-state index contributed by atoms with van der Waals surface area (Å²) >= 11 is 0. The van der Waals surface area contributed by atoms with Gasteiger partial charge < -0.3 is 39.9 Å². The number of methoxy groups -OCH3 is 2. The Morgan fingerprint density at radius 3 is 1.84 bits per heavy atom. The lowest BCUT2D eigenvalue weighted by molar-refractivity contribution is -0.139. The van der Waals surface area contributed by atoms with Gasteiger partial charge in [0.2, 0.25) is 11.8 Å². The van der Waals surface area contributed by atoms with E-state index in [4.69, 9.17) is 24.4 Å². The molecule has 1 spiro atoms. The number of piperidine rings is 2. The first-order valence-corrected chi connectivity index (χ1v) is 24.3. The molecule has 15 nitrogen and oxygen atoms in total. The summed E-state index contributed by atoms with van der Waals surface area (Å²) in [6.07, 6.45) is 15.0. The number of ether oxygens (including phenoxy) is 2. The molecular weight excluding hydrogens is 847 g/mol. The fraction of sp³-hybridized carbons (Fsp3) is 0.519. The number of aromatic nitrogens is 5. The van der Waals surface area contributed by atoms with E-state index >= 15 is 0 Å². The number of rotatable bonds is 11. The van der Waals surface area contributed by atoms with Crippen molar-refractivity contribution in [3.8, 4) is 33.6 Å².